The molecule has 0 fully saturated rings. The van der Waals surface area contributed by atoms with Crippen LogP contribution < -0.4 is 5.73 Å². The fraction of sp³-hybridized carbons (Fsp3) is 0.417. The van der Waals surface area contributed by atoms with Crippen molar-refractivity contribution < 1.29 is 0 Å². The van der Waals surface area contributed by atoms with E-state index in [0.717, 1.165) is 17.1 Å². The Hall–Kier alpha value is -1.55. The number of H-pyrrole nitrogens is 2. The molecule has 1 atom stereocenters. The summed E-state index contributed by atoms with van der Waals surface area (Å²) in [6.45, 7) is 4.95. The summed E-state index contributed by atoms with van der Waals surface area (Å²) in [5, 5.41) is 0. The van der Waals surface area contributed by atoms with Gasteiger partial charge in [0.05, 0.1) is 11.9 Å². The van der Waals surface area contributed by atoms with Crippen LogP contribution in [0.2, 0.25) is 0 Å². The van der Waals surface area contributed by atoms with Crippen LogP contribution in [0.3, 0.4) is 0 Å². The smallest absolute Gasteiger partial charge is 0.111 e. The minimum atomic E-state index is 0.299. The molecule has 0 amide bonds. The summed E-state index contributed by atoms with van der Waals surface area (Å²) in [5.74, 6) is 1.77. The molecule has 1 unspecified atom stereocenters. The summed E-state index contributed by atoms with van der Waals surface area (Å²) in [5.41, 5.74) is 7.93. The van der Waals surface area contributed by atoms with Crippen LogP contribution in [-0.4, -0.2) is 21.5 Å². The van der Waals surface area contributed by atoms with Crippen molar-refractivity contribution >= 4 is 0 Å². The van der Waals surface area contributed by atoms with Crippen LogP contribution in [0.1, 0.15) is 25.6 Å². The van der Waals surface area contributed by atoms with E-state index in [1.165, 1.54) is 0 Å². The van der Waals surface area contributed by atoms with Crippen LogP contribution in [0, 0.1) is 5.92 Å². The van der Waals surface area contributed by atoms with E-state index in [9.17, 15) is 0 Å². The second kappa shape index (κ2) is 4.53. The number of nitrogens with zero attached hydrogens (tertiary/aromatic N) is 1. The van der Waals surface area contributed by atoms with Crippen molar-refractivity contribution in [3.63, 3.8) is 0 Å². The first kappa shape index (κ1) is 11.0. The summed E-state index contributed by atoms with van der Waals surface area (Å²) in [4.78, 5) is 10.8. The molecule has 4 N–H and O–H groups in total. The first-order valence-electron chi connectivity index (χ1n) is 5.60. The molecule has 0 aliphatic carbocycles. The lowest BCUT2D eigenvalue weighted by atomic mass is 9.95. The normalized spacial score (nSPS) is 13.2. The van der Waals surface area contributed by atoms with Gasteiger partial charge in [-0.25, -0.2) is 4.98 Å². The van der Waals surface area contributed by atoms with Gasteiger partial charge in [-0.1, -0.05) is 13.8 Å². The van der Waals surface area contributed by atoms with Gasteiger partial charge in [0.15, 0.2) is 0 Å². The van der Waals surface area contributed by atoms with E-state index in [-0.39, 0.29) is 0 Å². The van der Waals surface area contributed by atoms with Gasteiger partial charge in [-0.15, -0.1) is 0 Å². The van der Waals surface area contributed by atoms with E-state index in [1.54, 1.807) is 0 Å². The number of aromatic amines is 2. The molecule has 0 aromatic carbocycles. The van der Waals surface area contributed by atoms with Crippen molar-refractivity contribution in [2.24, 2.45) is 11.7 Å². The van der Waals surface area contributed by atoms with Gasteiger partial charge in [0, 0.05) is 30.4 Å². The highest BCUT2D eigenvalue weighted by Crippen LogP contribution is 2.23. The Morgan fingerprint density at radius 1 is 1.44 bits per heavy atom. The Morgan fingerprint density at radius 2 is 2.25 bits per heavy atom. The van der Waals surface area contributed by atoms with Gasteiger partial charge in [0.25, 0.3) is 0 Å². The quantitative estimate of drug-likeness (QED) is 0.735. The van der Waals surface area contributed by atoms with Gasteiger partial charge in [0.1, 0.15) is 5.82 Å². The van der Waals surface area contributed by atoms with Gasteiger partial charge in [-0.05, 0) is 12.0 Å². The van der Waals surface area contributed by atoms with Crippen LogP contribution >= 0.6 is 0 Å². The molecule has 0 aliphatic heterocycles. The highest BCUT2D eigenvalue weighted by molar-refractivity contribution is 5.57. The maximum atomic E-state index is 5.77. The topological polar surface area (TPSA) is 70.5 Å². The van der Waals surface area contributed by atoms with Gasteiger partial charge < -0.3 is 15.7 Å². The predicted molar refractivity (Wildman–Crippen MR) is 65.0 cm³/mol. The fourth-order valence-corrected chi connectivity index (χ4v) is 1.86. The molecule has 16 heavy (non-hydrogen) atoms. The minimum absolute atomic E-state index is 0.299. The highest BCUT2D eigenvalue weighted by atomic mass is 14.9. The number of nitrogens with two attached hydrogens (primary N) is 1. The zero-order valence-electron chi connectivity index (χ0n) is 9.70. The number of aromatic nitrogens is 3. The molecule has 0 radical (unpaired) electrons. The van der Waals surface area contributed by atoms with Crippen LogP contribution in [0.25, 0.3) is 11.3 Å². The summed E-state index contributed by atoms with van der Waals surface area (Å²) >= 11 is 0. The largest absolute Gasteiger partial charge is 0.367 e. The molecule has 0 saturated carbocycles. The molecule has 2 aromatic rings. The molecule has 4 heteroatoms. The van der Waals surface area contributed by atoms with Crippen molar-refractivity contribution in [1.29, 1.82) is 0 Å². The van der Waals surface area contributed by atoms with Crippen molar-refractivity contribution in [3.05, 3.63) is 30.5 Å². The molecular weight excluding hydrogens is 200 g/mol. The molecular formula is C12H18N4. The molecule has 2 heterocycles. The third kappa shape index (κ3) is 2.02. The SMILES string of the molecule is CC(C)C(CN)c1ncc(-c2cc[nH]c2)[nH]1. The first-order valence-corrected chi connectivity index (χ1v) is 5.60. The molecule has 2 aromatic heterocycles. The zero-order chi connectivity index (χ0) is 11.5. The molecule has 2 rings (SSSR count). The zero-order valence-corrected chi connectivity index (χ0v) is 9.70. The number of hydrogen-bond donors (Lipinski definition) is 3. The van der Waals surface area contributed by atoms with Crippen molar-refractivity contribution in [1.82, 2.24) is 15.0 Å². The Labute approximate surface area is 95.3 Å². The lowest BCUT2D eigenvalue weighted by Crippen LogP contribution is -2.19. The third-order valence-corrected chi connectivity index (χ3v) is 2.91. The predicted octanol–water partition coefficient (Wildman–Crippen LogP) is 2.10. The van der Waals surface area contributed by atoms with E-state index in [1.807, 2.05) is 24.7 Å². The van der Waals surface area contributed by atoms with Crippen molar-refractivity contribution in [2.75, 3.05) is 6.54 Å². The monoisotopic (exact) mass is 218 g/mol. The van der Waals surface area contributed by atoms with Gasteiger partial charge in [0.2, 0.25) is 0 Å². The van der Waals surface area contributed by atoms with Crippen LogP contribution in [0.4, 0.5) is 0 Å². The minimum Gasteiger partial charge on any atom is -0.367 e. The van der Waals surface area contributed by atoms with E-state index >= 15 is 0 Å². The highest BCUT2D eigenvalue weighted by Gasteiger charge is 2.17. The number of hydrogen-bond acceptors (Lipinski definition) is 2. The van der Waals surface area contributed by atoms with Gasteiger partial charge in [-0.2, -0.15) is 0 Å². The second-order valence-corrected chi connectivity index (χ2v) is 4.37. The molecule has 0 bridgehead atoms. The van der Waals surface area contributed by atoms with E-state index in [2.05, 4.69) is 28.8 Å². The average molecular weight is 218 g/mol. The summed E-state index contributed by atoms with van der Waals surface area (Å²) < 4.78 is 0. The van der Waals surface area contributed by atoms with Crippen molar-refractivity contribution in [3.8, 4) is 11.3 Å². The molecule has 0 saturated heterocycles. The molecule has 4 nitrogen and oxygen atoms in total. The molecule has 0 aliphatic rings. The summed E-state index contributed by atoms with van der Waals surface area (Å²) in [6.07, 6.45) is 5.71. The number of nitrogens with one attached hydrogen (secondary N) is 2. The van der Waals surface area contributed by atoms with Crippen molar-refractivity contribution in [2.45, 2.75) is 19.8 Å². The molecule has 86 valence electrons. The molecule has 0 spiro atoms. The Balaban J connectivity index is 2.25. The lowest BCUT2D eigenvalue weighted by molar-refractivity contribution is 0.487. The second-order valence-electron chi connectivity index (χ2n) is 4.37. The van der Waals surface area contributed by atoms with Gasteiger partial charge >= 0.3 is 0 Å². The van der Waals surface area contributed by atoms with Gasteiger partial charge in [-0.3, -0.25) is 0 Å². The summed E-state index contributed by atoms with van der Waals surface area (Å²) in [7, 11) is 0. The average Bonchev–Trinajstić information content (AvgIpc) is 2.86. The van der Waals surface area contributed by atoms with Crippen LogP contribution in [0.15, 0.2) is 24.7 Å². The van der Waals surface area contributed by atoms with E-state index in [4.69, 9.17) is 5.73 Å². The number of rotatable bonds is 4. The van der Waals surface area contributed by atoms with E-state index in [0.29, 0.717) is 18.4 Å². The summed E-state index contributed by atoms with van der Waals surface area (Å²) in [6, 6.07) is 2.02. The third-order valence-electron chi connectivity index (χ3n) is 2.91. The lowest BCUT2D eigenvalue weighted by Gasteiger charge is -2.15. The fourth-order valence-electron chi connectivity index (χ4n) is 1.86. The Bertz CT molecular complexity index is 428. The standard InChI is InChI=1S/C12H18N4/c1-8(2)10(5-13)12-15-7-11(16-12)9-3-4-14-6-9/h3-4,6-8,10,14H,5,13H2,1-2H3,(H,15,16). The Kier molecular flexibility index (Phi) is 3.10. The van der Waals surface area contributed by atoms with E-state index < -0.39 is 0 Å². The number of imidazole rings is 1. The first-order chi connectivity index (χ1) is 7.72. The maximum Gasteiger partial charge on any atom is 0.111 e. The van der Waals surface area contributed by atoms with Crippen LogP contribution in [-0.2, 0) is 0 Å². The van der Waals surface area contributed by atoms with Crippen LogP contribution in [0.5, 0.6) is 0 Å². The Morgan fingerprint density at radius 3 is 2.81 bits per heavy atom. The maximum absolute atomic E-state index is 5.77.